The molecule has 0 bridgehead atoms. The third-order valence-corrected chi connectivity index (χ3v) is 5.57. The number of hydrogen-bond donors (Lipinski definition) is 1. The number of aryl methyl sites for hydroxylation is 2. The summed E-state index contributed by atoms with van der Waals surface area (Å²) in [4.78, 5) is 40.5. The average molecular weight is 439 g/mol. The minimum absolute atomic E-state index is 0.00446. The minimum atomic E-state index is -4.65. The van der Waals surface area contributed by atoms with Crippen molar-refractivity contribution in [1.29, 1.82) is 0 Å². The van der Waals surface area contributed by atoms with Gasteiger partial charge in [0, 0.05) is 45.4 Å². The van der Waals surface area contributed by atoms with E-state index in [9.17, 15) is 27.6 Å². The number of carbonyl (C=O) groups excluding carboxylic acids is 3. The number of nitrogens with one attached hydrogen (secondary N) is 1. The highest BCUT2D eigenvalue weighted by Crippen LogP contribution is 2.34. The topological polar surface area (TPSA) is 105 Å². The van der Waals surface area contributed by atoms with Gasteiger partial charge in [-0.2, -0.15) is 23.4 Å². The lowest BCUT2D eigenvalue weighted by molar-refractivity contribution is -0.142. The fourth-order valence-corrected chi connectivity index (χ4v) is 4.02. The van der Waals surface area contributed by atoms with Crippen molar-refractivity contribution in [2.45, 2.75) is 19.0 Å². The van der Waals surface area contributed by atoms with Crippen LogP contribution in [-0.2, 0) is 33.1 Å². The van der Waals surface area contributed by atoms with Gasteiger partial charge in [-0.1, -0.05) is 0 Å². The molecule has 0 radical (unpaired) electrons. The van der Waals surface area contributed by atoms with Gasteiger partial charge in [0.05, 0.1) is 6.67 Å². The highest BCUT2D eigenvalue weighted by molar-refractivity contribution is 6.01. The number of fused-ring (bicyclic) bond motifs is 2. The number of likely N-dealkylation sites (N-methyl/N-ethyl adjacent to an activating group) is 1. The fourth-order valence-electron chi connectivity index (χ4n) is 4.02. The SMILES string of the molecule is CN1CCc2c(C(=O)NCN3CCc4c(C(F)(F)F)nn(C)c4C3=O)nn(C)c2C1=O. The number of halogens is 3. The van der Waals surface area contributed by atoms with Crippen LogP contribution in [0.1, 0.15) is 48.3 Å². The van der Waals surface area contributed by atoms with Gasteiger partial charge in [-0.05, 0) is 12.8 Å². The molecule has 3 amide bonds. The molecular weight excluding hydrogens is 419 g/mol. The molecule has 31 heavy (non-hydrogen) atoms. The lowest BCUT2D eigenvalue weighted by Gasteiger charge is -2.27. The van der Waals surface area contributed by atoms with Crippen molar-refractivity contribution in [3.05, 3.63) is 33.9 Å². The molecule has 13 heteroatoms. The van der Waals surface area contributed by atoms with E-state index in [1.807, 2.05) is 0 Å². The number of alkyl halides is 3. The highest BCUT2D eigenvalue weighted by Gasteiger charge is 2.42. The van der Waals surface area contributed by atoms with Crippen molar-refractivity contribution in [2.24, 2.45) is 14.1 Å². The normalized spacial score (nSPS) is 16.5. The molecular formula is C18H20F3N7O3. The molecule has 1 N–H and O–H groups in total. The second-order valence-electron chi connectivity index (χ2n) is 7.56. The van der Waals surface area contributed by atoms with Crippen LogP contribution >= 0.6 is 0 Å². The van der Waals surface area contributed by atoms with Crippen LogP contribution < -0.4 is 5.32 Å². The molecule has 0 atom stereocenters. The Morgan fingerprint density at radius 2 is 1.58 bits per heavy atom. The van der Waals surface area contributed by atoms with Crippen molar-refractivity contribution in [1.82, 2.24) is 34.7 Å². The van der Waals surface area contributed by atoms with Gasteiger partial charge in [-0.3, -0.25) is 23.7 Å². The number of hydrogen-bond acceptors (Lipinski definition) is 5. The van der Waals surface area contributed by atoms with Crippen molar-refractivity contribution < 1.29 is 27.6 Å². The predicted molar refractivity (Wildman–Crippen MR) is 99.2 cm³/mol. The molecule has 4 rings (SSSR count). The van der Waals surface area contributed by atoms with E-state index in [-0.39, 0.29) is 42.5 Å². The van der Waals surface area contributed by atoms with Gasteiger partial charge in [0.2, 0.25) is 0 Å². The summed E-state index contributed by atoms with van der Waals surface area (Å²) in [6, 6.07) is 0. The number of amides is 3. The summed E-state index contributed by atoms with van der Waals surface area (Å²) >= 11 is 0. The van der Waals surface area contributed by atoms with Crippen LogP contribution in [0.5, 0.6) is 0 Å². The van der Waals surface area contributed by atoms with E-state index < -0.39 is 23.7 Å². The van der Waals surface area contributed by atoms with Crippen LogP contribution in [0.15, 0.2) is 0 Å². The first kappa shape index (κ1) is 20.9. The van der Waals surface area contributed by atoms with E-state index in [4.69, 9.17) is 0 Å². The van der Waals surface area contributed by atoms with Crippen molar-refractivity contribution in [3.8, 4) is 0 Å². The Morgan fingerprint density at radius 3 is 2.26 bits per heavy atom. The van der Waals surface area contributed by atoms with Crippen molar-refractivity contribution in [2.75, 3.05) is 26.8 Å². The molecule has 0 aliphatic carbocycles. The zero-order valence-corrected chi connectivity index (χ0v) is 17.1. The lowest BCUT2D eigenvalue weighted by Crippen LogP contribution is -2.45. The summed E-state index contributed by atoms with van der Waals surface area (Å²) in [6.45, 7) is 0.251. The van der Waals surface area contributed by atoms with E-state index >= 15 is 0 Å². The van der Waals surface area contributed by atoms with E-state index in [0.29, 0.717) is 24.2 Å². The zero-order valence-electron chi connectivity index (χ0n) is 17.1. The van der Waals surface area contributed by atoms with Gasteiger partial charge in [-0.15, -0.1) is 0 Å². The average Bonchev–Trinajstić information content (AvgIpc) is 3.22. The molecule has 166 valence electrons. The summed E-state index contributed by atoms with van der Waals surface area (Å²) in [5.41, 5.74) is -0.356. The zero-order chi connectivity index (χ0) is 22.7. The Labute approximate surface area is 174 Å². The first-order chi connectivity index (χ1) is 14.5. The molecule has 0 fully saturated rings. The predicted octanol–water partition coefficient (Wildman–Crippen LogP) is 0.186. The van der Waals surface area contributed by atoms with Crippen LogP contribution in [0, 0.1) is 0 Å². The van der Waals surface area contributed by atoms with Crippen molar-refractivity contribution in [3.63, 3.8) is 0 Å². The first-order valence-electron chi connectivity index (χ1n) is 9.52. The highest BCUT2D eigenvalue weighted by atomic mass is 19.4. The summed E-state index contributed by atoms with van der Waals surface area (Å²) < 4.78 is 41.7. The lowest BCUT2D eigenvalue weighted by atomic mass is 10.0. The number of carbonyl (C=O) groups is 3. The van der Waals surface area contributed by atoms with Crippen LogP contribution in [0.25, 0.3) is 0 Å². The first-order valence-corrected chi connectivity index (χ1v) is 9.52. The summed E-state index contributed by atoms with van der Waals surface area (Å²) in [5.74, 6) is -1.44. The maximum absolute atomic E-state index is 13.2. The van der Waals surface area contributed by atoms with Crippen LogP contribution in [0.3, 0.4) is 0 Å². The number of nitrogens with zero attached hydrogens (tertiary/aromatic N) is 6. The molecule has 0 aromatic carbocycles. The summed E-state index contributed by atoms with van der Waals surface area (Å²) in [5, 5.41) is 10.2. The van der Waals surface area contributed by atoms with Crippen LogP contribution in [0.2, 0.25) is 0 Å². The Hall–Kier alpha value is -3.38. The maximum atomic E-state index is 13.2. The largest absolute Gasteiger partial charge is 0.435 e. The quantitative estimate of drug-likeness (QED) is 0.735. The molecule has 0 saturated carbocycles. The third kappa shape index (κ3) is 3.33. The monoisotopic (exact) mass is 439 g/mol. The third-order valence-electron chi connectivity index (χ3n) is 5.57. The molecule has 2 aromatic heterocycles. The molecule has 0 saturated heterocycles. The second kappa shape index (κ2) is 7.10. The Kier molecular flexibility index (Phi) is 4.78. The van der Waals surface area contributed by atoms with E-state index in [2.05, 4.69) is 15.5 Å². The van der Waals surface area contributed by atoms with Gasteiger partial charge in [0.25, 0.3) is 17.7 Å². The van der Waals surface area contributed by atoms with Crippen LogP contribution in [-0.4, -0.2) is 73.9 Å². The second-order valence-corrected chi connectivity index (χ2v) is 7.56. The Balaban J connectivity index is 1.51. The smallest absolute Gasteiger partial charge is 0.340 e. The Morgan fingerprint density at radius 1 is 0.968 bits per heavy atom. The molecule has 2 aromatic rings. The summed E-state index contributed by atoms with van der Waals surface area (Å²) in [7, 11) is 4.52. The minimum Gasteiger partial charge on any atom is -0.340 e. The van der Waals surface area contributed by atoms with Gasteiger partial charge in [0.1, 0.15) is 11.4 Å². The standard InChI is InChI=1S/C18H20F3N7O3/c1-25-6-4-9-11(23-26(2)12(9)16(25)30)15(29)22-8-28-7-5-10-13(17(28)31)27(3)24-14(10)18(19,20)21/h4-8H2,1-3H3,(H,22,29). The van der Waals surface area contributed by atoms with E-state index in [1.54, 1.807) is 19.0 Å². The number of aromatic nitrogens is 4. The fraction of sp³-hybridized carbons (Fsp3) is 0.500. The Bertz CT molecular complexity index is 1100. The number of rotatable bonds is 3. The summed E-state index contributed by atoms with van der Waals surface area (Å²) in [6.07, 6.45) is -4.21. The molecule has 0 spiro atoms. The molecule has 4 heterocycles. The van der Waals surface area contributed by atoms with Gasteiger partial charge < -0.3 is 15.1 Å². The van der Waals surface area contributed by atoms with Gasteiger partial charge >= 0.3 is 6.18 Å². The van der Waals surface area contributed by atoms with E-state index in [0.717, 1.165) is 4.68 Å². The molecule has 2 aliphatic heterocycles. The maximum Gasteiger partial charge on any atom is 0.435 e. The van der Waals surface area contributed by atoms with Gasteiger partial charge in [0.15, 0.2) is 11.4 Å². The van der Waals surface area contributed by atoms with Crippen molar-refractivity contribution >= 4 is 17.7 Å². The van der Waals surface area contributed by atoms with E-state index in [1.165, 1.54) is 16.6 Å². The van der Waals surface area contributed by atoms with Gasteiger partial charge in [-0.25, -0.2) is 0 Å². The molecule has 2 aliphatic rings. The van der Waals surface area contributed by atoms with Crippen LogP contribution in [0.4, 0.5) is 13.2 Å². The molecule has 0 unspecified atom stereocenters. The molecule has 10 nitrogen and oxygen atoms in total.